The van der Waals surface area contributed by atoms with Gasteiger partial charge in [-0.3, -0.25) is 24.0 Å². The Balaban J connectivity index is 1.56. The Labute approximate surface area is 335 Å². The molecule has 4 rings (SSSR count). The molecule has 17 nitrogen and oxygen atoms in total. The maximum absolute atomic E-state index is 14.2. The molecule has 12 N–H and O–H groups in total. The number of hydrogen-bond donors (Lipinski definition) is 11. The van der Waals surface area contributed by atoms with Crippen LogP contribution in [-0.4, -0.2) is 111 Å². The fourth-order valence-electron chi connectivity index (χ4n) is 6.10. The molecule has 0 unspecified atom stereocenters. The number of hydrogen-bond acceptors (Lipinski definition) is 11. The normalized spacial score (nSPS) is 14.9. The first-order valence-corrected chi connectivity index (χ1v) is 19.3. The van der Waals surface area contributed by atoms with Crippen molar-refractivity contribution in [1.82, 2.24) is 41.5 Å². The van der Waals surface area contributed by atoms with Gasteiger partial charge in [0, 0.05) is 54.0 Å². The van der Waals surface area contributed by atoms with E-state index in [-0.39, 0.29) is 31.4 Å². The minimum Gasteiger partial charge on any atom is -0.391 e. The Kier molecular flexibility index (Phi) is 17.2. The van der Waals surface area contributed by atoms with Crippen molar-refractivity contribution < 1.29 is 33.9 Å². The van der Waals surface area contributed by atoms with Crippen LogP contribution in [-0.2, 0) is 48.0 Å². The third-order valence-corrected chi connectivity index (χ3v) is 9.71. The number of aliphatic hydroxyl groups is 1. The average molecular weight is 805 g/mol. The number of aromatic nitrogens is 3. The lowest BCUT2D eigenvalue weighted by molar-refractivity contribution is -0.135. The van der Waals surface area contributed by atoms with Gasteiger partial charge in [0.05, 0.1) is 18.5 Å². The number of aliphatic hydroxyl groups excluding tert-OH is 1. The van der Waals surface area contributed by atoms with Gasteiger partial charge in [0.1, 0.15) is 36.5 Å². The summed E-state index contributed by atoms with van der Waals surface area (Å²) in [5.74, 6) is -3.55. The molecule has 0 aliphatic rings. The third-order valence-electron chi connectivity index (χ3n) is 9.35. The predicted octanol–water partition coefficient (Wildman–Crippen LogP) is -0.691. The molecule has 0 fully saturated rings. The number of aromatic amines is 2. The molecule has 4 aromatic rings. The molecule has 2 aromatic heterocycles. The number of aldehydes is 1. The zero-order valence-corrected chi connectivity index (χ0v) is 32.5. The van der Waals surface area contributed by atoms with Gasteiger partial charge >= 0.3 is 0 Å². The molecule has 5 amide bonds. The number of thiol groups is 1. The number of fused-ring (bicyclic) bond motifs is 1. The first-order valence-electron chi connectivity index (χ1n) is 18.7. The SMILES string of the molecule is C[C@@H](O)[C@@H](C=O)NC(=O)[C@H](Cc1c[nH]c2ccccc12)NC(=O)[C@H](Cc1ccccc1)NC(=O)[C@H](CCCCN)NC(=O)[C@H](CS)NC(=O)[C@@H](N)Cc1cnc[nH]1. The van der Waals surface area contributed by atoms with E-state index in [9.17, 15) is 33.9 Å². The third kappa shape index (κ3) is 13.3. The van der Waals surface area contributed by atoms with Crippen molar-refractivity contribution in [3.05, 3.63) is 90.1 Å². The summed E-state index contributed by atoms with van der Waals surface area (Å²) in [6, 6.07) is 9.27. The summed E-state index contributed by atoms with van der Waals surface area (Å²) in [6.07, 6.45) is 5.20. The predicted molar refractivity (Wildman–Crippen MR) is 217 cm³/mol. The fraction of sp³-hybridized carbons (Fsp3) is 0.410. The number of benzene rings is 2. The second kappa shape index (κ2) is 22.2. The molecular formula is C39H52N10O7S. The van der Waals surface area contributed by atoms with Gasteiger partial charge in [-0.15, -0.1) is 0 Å². The molecule has 0 radical (unpaired) electrons. The van der Waals surface area contributed by atoms with E-state index < -0.39 is 71.9 Å². The van der Waals surface area contributed by atoms with Crippen molar-refractivity contribution >= 4 is 59.4 Å². The number of imidazole rings is 1. The Morgan fingerprint density at radius 2 is 1.40 bits per heavy atom. The Bertz CT molecular complexity index is 1920. The molecule has 0 bridgehead atoms. The Morgan fingerprint density at radius 1 is 0.789 bits per heavy atom. The van der Waals surface area contributed by atoms with Crippen LogP contribution >= 0.6 is 12.6 Å². The highest BCUT2D eigenvalue weighted by Gasteiger charge is 2.33. The second-order valence-corrected chi connectivity index (χ2v) is 14.1. The average Bonchev–Trinajstić information content (AvgIpc) is 3.88. The molecule has 2 aromatic carbocycles. The van der Waals surface area contributed by atoms with Gasteiger partial charge < -0.3 is 57.9 Å². The van der Waals surface area contributed by atoms with Crippen LogP contribution in [0.4, 0.5) is 0 Å². The van der Waals surface area contributed by atoms with Crippen molar-refractivity contribution in [1.29, 1.82) is 0 Å². The van der Waals surface area contributed by atoms with E-state index >= 15 is 0 Å². The number of amides is 5. The van der Waals surface area contributed by atoms with Gasteiger partial charge in [0.15, 0.2) is 0 Å². The summed E-state index contributed by atoms with van der Waals surface area (Å²) in [5, 5.41) is 24.2. The largest absolute Gasteiger partial charge is 0.391 e. The number of rotatable bonds is 23. The van der Waals surface area contributed by atoms with Crippen LogP contribution in [0.5, 0.6) is 0 Å². The maximum atomic E-state index is 14.2. The monoisotopic (exact) mass is 804 g/mol. The smallest absolute Gasteiger partial charge is 0.244 e. The number of carbonyl (C=O) groups is 6. The summed E-state index contributed by atoms with van der Waals surface area (Å²) >= 11 is 4.25. The minimum absolute atomic E-state index is 0.000862. The van der Waals surface area contributed by atoms with Crippen LogP contribution in [0.3, 0.4) is 0 Å². The van der Waals surface area contributed by atoms with E-state index in [1.165, 1.54) is 19.4 Å². The zero-order chi connectivity index (χ0) is 41.3. The molecule has 0 aliphatic carbocycles. The lowest BCUT2D eigenvalue weighted by Crippen LogP contribution is -2.60. The molecule has 7 atom stereocenters. The molecule has 0 saturated heterocycles. The van der Waals surface area contributed by atoms with Gasteiger partial charge in [-0.1, -0.05) is 48.5 Å². The number of nitrogens with one attached hydrogen (secondary N) is 7. The number of unbranched alkanes of at least 4 members (excludes halogenated alkanes) is 1. The van der Waals surface area contributed by atoms with Crippen LogP contribution in [0.2, 0.25) is 0 Å². The van der Waals surface area contributed by atoms with Crippen molar-refractivity contribution in [2.75, 3.05) is 12.3 Å². The molecule has 2 heterocycles. The first-order chi connectivity index (χ1) is 27.4. The van der Waals surface area contributed by atoms with E-state index in [1.807, 2.05) is 24.3 Å². The van der Waals surface area contributed by atoms with Gasteiger partial charge in [-0.25, -0.2) is 4.98 Å². The van der Waals surface area contributed by atoms with Crippen molar-refractivity contribution in [3.63, 3.8) is 0 Å². The lowest BCUT2D eigenvalue weighted by atomic mass is 10.0. The molecular weight excluding hydrogens is 753 g/mol. The number of para-hydroxylation sites is 1. The van der Waals surface area contributed by atoms with Crippen molar-refractivity contribution in [3.8, 4) is 0 Å². The van der Waals surface area contributed by atoms with Crippen molar-refractivity contribution in [2.24, 2.45) is 11.5 Å². The quantitative estimate of drug-likeness (QED) is 0.0255. The highest BCUT2D eigenvalue weighted by atomic mass is 32.1. The lowest BCUT2D eigenvalue weighted by Gasteiger charge is -2.27. The van der Waals surface area contributed by atoms with Gasteiger partial charge in [-0.05, 0) is 49.9 Å². The Hall–Kier alpha value is -5.56. The number of nitrogens with zero attached hydrogens (tertiary/aromatic N) is 1. The van der Waals surface area contributed by atoms with Gasteiger partial charge in [-0.2, -0.15) is 12.6 Å². The molecule has 0 aliphatic heterocycles. The highest BCUT2D eigenvalue weighted by molar-refractivity contribution is 7.80. The number of nitrogens with two attached hydrogens (primary N) is 2. The van der Waals surface area contributed by atoms with Crippen molar-refractivity contribution in [2.45, 2.75) is 87.8 Å². The summed E-state index contributed by atoms with van der Waals surface area (Å²) < 4.78 is 0. The molecule has 306 valence electrons. The van der Waals surface area contributed by atoms with Crippen LogP contribution in [0.25, 0.3) is 10.9 Å². The van der Waals surface area contributed by atoms with E-state index in [0.29, 0.717) is 42.5 Å². The number of carbonyl (C=O) groups excluding carboxylic acids is 6. The maximum Gasteiger partial charge on any atom is 0.244 e. The summed E-state index contributed by atoms with van der Waals surface area (Å²) in [5.41, 5.74) is 14.6. The van der Waals surface area contributed by atoms with Crippen LogP contribution in [0.1, 0.15) is 43.0 Å². The number of H-pyrrole nitrogens is 2. The minimum atomic E-state index is -1.24. The topological polar surface area (TPSA) is 279 Å². The van der Waals surface area contributed by atoms with E-state index in [4.69, 9.17) is 11.5 Å². The van der Waals surface area contributed by atoms with E-state index in [0.717, 1.165) is 10.9 Å². The summed E-state index contributed by atoms with van der Waals surface area (Å²) in [7, 11) is 0. The highest BCUT2D eigenvalue weighted by Crippen LogP contribution is 2.19. The zero-order valence-electron chi connectivity index (χ0n) is 31.6. The van der Waals surface area contributed by atoms with Crippen LogP contribution in [0, 0.1) is 0 Å². The van der Waals surface area contributed by atoms with Crippen LogP contribution in [0.15, 0.2) is 73.3 Å². The molecule has 0 saturated carbocycles. The Morgan fingerprint density at radius 3 is 2.05 bits per heavy atom. The molecule has 18 heteroatoms. The second-order valence-electron chi connectivity index (χ2n) is 13.8. The molecule has 0 spiro atoms. The summed E-state index contributed by atoms with van der Waals surface area (Å²) in [6.45, 7) is 1.69. The van der Waals surface area contributed by atoms with Gasteiger partial charge in [0.25, 0.3) is 0 Å². The van der Waals surface area contributed by atoms with E-state index in [1.54, 1.807) is 36.5 Å². The van der Waals surface area contributed by atoms with Crippen LogP contribution < -0.4 is 38.1 Å². The molecule has 57 heavy (non-hydrogen) atoms. The van der Waals surface area contributed by atoms with Gasteiger partial charge in [0.2, 0.25) is 29.5 Å². The van der Waals surface area contributed by atoms with E-state index in [2.05, 4.69) is 54.2 Å². The summed E-state index contributed by atoms with van der Waals surface area (Å²) in [4.78, 5) is 90.0. The standard InChI is InChI=1S/C39H52N10O7S/c1-23(51)33(20-50)48-38(55)32(16-25-18-43-29-12-6-5-11-27(25)29)47-37(54)31(15-24-9-3-2-4-10-24)46-36(53)30(13-7-8-14-40)45-39(56)34(21-57)49-35(52)28(41)17-26-19-42-22-44-26/h2-6,9-12,18-20,22-23,28,30-34,43,51,57H,7-8,13-17,21,40-41H2,1H3,(H,42,44)(H,45,56)(H,46,53)(H,47,54)(H,48,55)(H,49,52)/t23-,28+,30+,31+,32+,33-,34+/m1/s1. The first kappa shape index (κ1) is 44.2. The fourth-order valence-corrected chi connectivity index (χ4v) is 6.36.